The summed E-state index contributed by atoms with van der Waals surface area (Å²) in [7, 11) is 1.69. The van der Waals surface area contributed by atoms with Gasteiger partial charge in [0.1, 0.15) is 5.82 Å². The van der Waals surface area contributed by atoms with Crippen LogP contribution < -0.4 is 10.2 Å². The molecular formula is C17H17N3O2S. The van der Waals surface area contributed by atoms with Crippen LogP contribution >= 0.6 is 11.8 Å². The van der Waals surface area contributed by atoms with Crippen molar-refractivity contribution in [2.24, 2.45) is 0 Å². The lowest BCUT2D eigenvalue weighted by Gasteiger charge is -2.36. The van der Waals surface area contributed by atoms with Gasteiger partial charge in [-0.05, 0) is 37.6 Å². The van der Waals surface area contributed by atoms with Gasteiger partial charge < -0.3 is 10.2 Å². The maximum absolute atomic E-state index is 12.7. The van der Waals surface area contributed by atoms with E-state index in [-0.39, 0.29) is 11.8 Å². The number of carbonyl (C=O) groups excluding carboxylic acids is 2. The van der Waals surface area contributed by atoms with Crippen LogP contribution in [0.3, 0.4) is 0 Å². The van der Waals surface area contributed by atoms with Gasteiger partial charge in [0.15, 0.2) is 4.75 Å². The highest BCUT2D eigenvalue weighted by Crippen LogP contribution is 2.45. The molecule has 2 aromatic rings. The van der Waals surface area contributed by atoms with Gasteiger partial charge in [-0.1, -0.05) is 30.0 Å². The minimum atomic E-state index is -1.23. The van der Waals surface area contributed by atoms with E-state index in [9.17, 15) is 9.59 Å². The molecule has 3 rings (SSSR count). The number of hydrogen-bond donors (Lipinski definition) is 1. The molecule has 1 aliphatic rings. The lowest BCUT2D eigenvalue weighted by molar-refractivity contribution is -0.128. The number of benzene rings is 1. The van der Waals surface area contributed by atoms with Crippen molar-refractivity contribution in [2.45, 2.75) is 23.5 Å². The van der Waals surface area contributed by atoms with Crippen molar-refractivity contribution >= 4 is 35.1 Å². The van der Waals surface area contributed by atoms with Crippen LogP contribution in [0.5, 0.6) is 0 Å². The predicted octanol–water partition coefficient (Wildman–Crippen LogP) is 2.86. The smallest absolute Gasteiger partial charge is 0.252 e. The maximum atomic E-state index is 12.7. The van der Waals surface area contributed by atoms with Gasteiger partial charge in [0, 0.05) is 18.1 Å². The number of amides is 2. The number of thioether (sulfide) groups is 1. The Kier molecular flexibility index (Phi) is 3.85. The fourth-order valence-electron chi connectivity index (χ4n) is 2.43. The Morgan fingerprint density at radius 1 is 1.26 bits per heavy atom. The number of nitrogens with one attached hydrogen (secondary N) is 1. The number of rotatable bonds is 2. The topological polar surface area (TPSA) is 62.3 Å². The Balaban J connectivity index is 1.90. The summed E-state index contributed by atoms with van der Waals surface area (Å²) in [5.41, 5.74) is 1.83. The van der Waals surface area contributed by atoms with Gasteiger partial charge in [0.25, 0.3) is 11.8 Å². The molecule has 1 atom stereocenters. The predicted molar refractivity (Wildman–Crippen MR) is 91.7 cm³/mol. The monoisotopic (exact) mass is 327 g/mol. The molecule has 1 unspecified atom stereocenters. The zero-order valence-electron chi connectivity index (χ0n) is 13.2. The molecule has 5 nitrogen and oxygen atoms in total. The zero-order chi connectivity index (χ0) is 16.6. The summed E-state index contributed by atoms with van der Waals surface area (Å²) < 4.78 is -1.23. The molecular weight excluding hydrogens is 310 g/mol. The Morgan fingerprint density at radius 2 is 2.00 bits per heavy atom. The second kappa shape index (κ2) is 5.70. The van der Waals surface area contributed by atoms with Gasteiger partial charge in [0.2, 0.25) is 0 Å². The highest BCUT2D eigenvalue weighted by atomic mass is 32.2. The molecule has 23 heavy (non-hydrogen) atoms. The molecule has 0 saturated heterocycles. The second-order valence-electron chi connectivity index (χ2n) is 5.64. The molecule has 2 heterocycles. The van der Waals surface area contributed by atoms with Gasteiger partial charge in [-0.25, -0.2) is 4.98 Å². The van der Waals surface area contributed by atoms with Crippen LogP contribution in [0.25, 0.3) is 0 Å². The highest BCUT2D eigenvalue weighted by molar-refractivity contribution is 8.02. The van der Waals surface area contributed by atoms with Crippen LogP contribution in [0.4, 0.5) is 11.5 Å². The van der Waals surface area contributed by atoms with Gasteiger partial charge in [0.05, 0.1) is 5.69 Å². The van der Waals surface area contributed by atoms with E-state index in [4.69, 9.17) is 0 Å². The molecule has 1 N–H and O–H groups in total. The van der Waals surface area contributed by atoms with Crippen molar-refractivity contribution in [1.29, 1.82) is 0 Å². The molecule has 0 fully saturated rings. The van der Waals surface area contributed by atoms with Crippen LogP contribution in [-0.2, 0) is 9.59 Å². The van der Waals surface area contributed by atoms with E-state index in [1.165, 1.54) is 16.7 Å². The third kappa shape index (κ3) is 2.70. The standard InChI is InChI=1S/C17H17N3O2S/c1-11-8-9-14(18-10-11)19-15(21)17(2)16(22)20(3)12-6-4-5-7-13(12)23-17/h4-10H,1-3H3,(H,18,19,21). The van der Waals surface area contributed by atoms with Crippen molar-refractivity contribution in [2.75, 3.05) is 17.3 Å². The zero-order valence-corrected chi connectivity index (χ0v) is 14.0. The first-order valence-electron chi connectivity index (χ1n) is 7.22. The summed E-state index contributed by atoms with van der Waals surface area (Å²) in [5.74, 6) is -0.173. The molecule has 0 bridgehead atoms. The number of nitrogens with zero attached hydrogens (tertiary/aromatic N) is 2. The van der Waals surface area contributed by atoms with Crippen molar-refractivity contribution in [1.82, 2.24) is 4.98 Å². The van der Waals surface area contributed by atoms with E-state index in [2.05, 4.69) is 10.3 Å². The van der Waals surface area contributed by atoms with Gasteiger partial charge in [-0.2, -0.15) is 0 Å². The average Bonchev–Trinajstić information content (AvgIpc) is 2.55. The SMILES string of the molecule is Cc1ccc(NC(=O)C2(C)Sc3ccccc3N(C)C2=O)nc1. The number of fused-ring (bicyclic) bond motifs is 1. The number of para-hydroxylation sites is 1. The molecule has 2 amide bonds. The summed E-state index contributed by atoms with van der Waals surface area (Å²) in [6.45, 7) is 3.57. The number of hydrogen-bond acceptors (Lipinski definition) is 4. The van der Waals surface area contributed by atoms with Crippen molar-refractivity contribution in [3.05, 3.63) is 48.2 Å². The van der Waals surface area contributed by atoms with E-state index in [1.807, 2.05) is 37.3 Å². The fourth-order valence-corrected chi connectivity index (χ4v) is 3.70. The van der Waals surface area contributed by atoms with E-state index in [1.54, 1.807) is 26.2 Å². The van der Waals surface area contributed by atoms with Crippen molar-refractivity contribution in [3.63, 3.8) is 0 Å². The van der Waals surface area contributed by atoms with Crippen molar-refractivity contribution < 1.29 is 9.59 Å². The molecule has 0 saturated carbocycles. The summed E-state index contributed by atoms with van der Waals surface area (Å²) in [6, 6.07) is 11.2. The maximum Gasteiger partial charge on any atom is 0.252 e. The fraction of sp³-hybridized carbons (Fsp3) is 0.235. The molecule has 118 valence electrons. The first kappa shape index (κ1) is 15.6. The van der Waals surface area contributed by atoms with Gasteiger partial charge >= 0.3 is 0 Å². The van der Waals surface area contributed by atoms with E-state index in [0.29, 0.717) is 5.82 Å². The lowest BCUT2D eigenvalue weighted by Crippen LogP contribution is -2.53. The molecule has 1 aromatic heterocycles. The second-order valence-corrected chi connectivity index (χ2v) is 7.10. The third-order valence-corrected chi connectivity index (χ3v) is 5.17. The van der Waals surface area contributed by atoms with Crippen LogP contribution in [0.1, 0.15) is 12.5 Å². The first-order valence-corrected chi connectivity index (χ1v) is 8.04. The molecule has 0 radical (unpaired) electrons. The first-order chi connectivity index (χ1) is 10.9. The van der Waals surface area contributed by atoms with E-state index in [0.717, 1.165) is 16.1 Å². The highest BCUT2D eigenvalue weighted by Gasteiger charge is 2.48. The average molecular weight is 327 g/mol. The molecule has 1 aliphatic heterocycles. The summed E-state index contributed by atoms with van der Waals surface area (Å²) in [6.07, 6.45) is 1.68. The van der Waals surface area contributed by atoms with Crippen molar-refractivity contribution in [3.8, 4) is 0 Å². The third-order valence-electron chi connectivity index (χ3n) is 3.84. The molecule has 0 spiro atoms. The van der Waals surface area contributed by atoms with E-state index < -0.39 is 4.75 Å². The minimum Gasteiger partial charge on any atom is -0.313 e. The Morgan fingerprint density at radius 3 is 2.70 bits per heavy atom. The Labute approximate surface area is 139 Å². The minimum absolute atomic E-state index is 0.245. The Hall–Kier alpha value is -2.34. The number of carbonyl (C=O) groups is 2. The largest absolute Gasteiger partial charge is 0.313 e. The quantitative estimate of drug-likeness (QED) is 0.862. The van der Waals surface area contributed by atoms with Gasteiger partial charge in [-0.15, -0.1) is 0 Å². The molecule has 6 heteroatoms. The normalized spacial score (nSPS) is 20.1. The summed E-state index contributed by atoms with van der Waals surface area (Å²) in [5, 5.41) is 2.74. The van der Waals surface area contributed by atoms with Crippen LogP contribution in [-0.4, -0.2) is 28.6 Å². The van der Waals surface area contributed by atoms with Crippen LogP contribution in [0, 0.1) is 6.92 Å². The number of aromatic nitrogens is 1. The van der Waals surface area contributed by atoms with Crippen LogP contribution in [0.15, 0.2) is 47.5 Å². The number of pyridine rings is 1. The number of aryl methyl sites for hydroxylation is 1. The number of anilines is 2. The summed E-state index contributed by atoms with van der Waals surface area (Å²) in [4.78, 5) is 32.0. The van der Waals surface area contributed by atoms with Gasteiger partial charge in [-0.3, -0.25) is 9.59 Å². The summed E-state index contributed by atoms with van der Waals surface area (Å²) >= 11 is 1.27. The van der Waals surface area contributed by atoms with E-state index >= 15 is 0 Å². The molecule has 1 aromatic carbocycles. The lowest BCUT2D eigenvalue weighted by atomic mass is 10.1. The van der Waals surface area contributed by atoms with Crippen LogP contribution in [0.2, 0.25) is 0 Å². The Bertz CT molecular complexity index is 776. The molecule has 0 aliphatic carbocycles.